The van der Waals surface area contributed by atoms with Crippen molar-refractivity contribution in [3.8, 4) is 0 Å². The van der Waals surface area contributed by atoms with Crippen LogP contribution >= 0.6 is 15.9 Å². The lowest BCUT2D eigenvalue weighted by Gasteiger charge is -2.36. The number of likely N-dealkylation sites (tertiary alicyclic amines) is 1. The van der Waals surface area contributed by atoms with Gasteiger partial charge in [0.2, 0.25) is 5.91 Å². The molecule has 15 heavy (non-hydrogen) atoms. The van der Waals surface area contributed by atoms with Gasteiger partial charge in [-0.1, -0.05) is 15.9 Å². The van der Waals surface area contributed by atoms with Crippen LogP contribution in [0, 0.1) is 0 Å². The van der Waals surface area contributed by atoms with Crippen LogP contribution in [-0.4, -0.2) is 40.9 Å². The fourth-order valence-corrected chi connectivity index (χ4v) is 2.56. The number of halogens is 1. The normalized spacial score (nSPS) is 23.3. The molecule has 1 aliphatic rings. The highest BCUT2D eigenvalue weighted by Gasteiger charge is 2.31. The van der Waals surface area contributed by atoms with Crippen LogP contribution in [0.5, 0.6) is 0 Å². The van der Waals surface area contributed by atoms with Crippen LogP contribution < -0.4 is 0 Å². The SMILES string of the molecule is CCOC(C)(C)CN1CCCC(Br)C1=O. The van der Waals surface area contributed by atoms with E-state index in [1.807, 2.05) is 25.7 Å². The van der Waals surface area contributed by atoms with E-state index >= 15 is 0 Å². The van der Waals surface area contributed by atoms with Crippen molar-refractivity contribution in [3.63, 3.8) is 0 Å². The zero-order valence-corrected chi connectivity index (χ0v) is 11.3. The molecule has 88 valence electrons. The third-order valence-corrected chi connectivity index (χ3v) is 3.42. The lowest BCUT2D eigenvalue weighted by atomic mass is 10.1. The maximum Gasteiger partial charge on any atom is 0.236 e. The first-order chi connectivity index (χ1) is 6.96. The van der Waals surface area contributed by atoms with Crippen LogP contribution in [-0.2, 0) is 9.53 Å². The number of rotatable bonds is 4. The van der Waals surface area contributed by atoms with Gasteiger partial charge in [-0.15, -0.1) is 0 Å². The Balaban J connectivity index is 2.53. The molecule has 4 heteroatoms. The minimum absolute atomic E-state index is 0.00340. The number of hydrogen-bond donors (Lipinski definition) is 0. The van der Waals surface area contributed by atoms with Gasteiger partial charge in [-0.3, -0.25) is 4.79 Å². The Morgan fingerprint density at radius 2 is 2.27 bits per heavy atom. The molecule has 1 fully saturated rings. The van der Waals surface area contributed by atoms with E-state index < -0.39 is 0 Å². The van der Waals surface area contributed by atoms with E-state index in [4.69, 9.17) is 4.74 Å². The molecule has 0 spiro atoms. The fourth-order valence-electron chi connectivity index (χ4n) is 1.95. The van der Waals surface area contributed by atoms with Crippen molar-refractivity contribution >= 4 is 21.8 Å². The van der Waals surface area contributed by atoms with Crippen molar-refractivity contribution < 1.29 is 9.53 Å². The highest BCUT2D eigenvalue weighted by molar-refractivity contribution is 9.10. The zero-order chi connectivity index (χ0) is 11.5. The lowest BCUT2D eigenvalue weighted by Crippen LogP contribution is -2.49. The van der Waals surface area contributed by atoms with Crippen LogP contribution in [0.4, 0.5) is 0 Å². The highest BCUT2D eigenvalue weighted by atomic mass is 79.9. The van der Waals surface area contributed by atoms with E-state index in [1.54, 1.807) is 0 Å². The average Bonchev–Trinajstić information content (AvgIpc) is 2.12. The summed E-state index contributed by atoms with van der Waals surface area (Å²) in [6.07, 6.45) is 2.02. The fraction of sp³-hybridized carbons (Fsp3) is 0.909. The summed E-state index contributed by atoms with van der Waals surface area (Å²) in [4.78, 5) is 13.7. The van der Waals surface area contributed by atoms with E-state index in [2.05, 4.69) is 15.9 Å². The molecule has 0 radical (unpaired) electrons. The van der Waals surface area contributed by atoms with Crippen LogP contribution in [0.3, 0.4) is 0 Å². The number of amides is 1. The summed E-state index contributed by atoms with van der Waals surface area (Å²) in [5, 5.41) is 0. The van der Waals surface area contributed by atoms with Gasteiger partial charge in [0.25, 0.3) is 0 Å². The number of hydrogen-bond acceptors (Lipinski definition) is 2. The van der Waals surface area contributed by atoms with Gasteiger partial charge < -0.3 is 9.64 Å². The number of carbonyl (C=O) groups excluding carboxylic acids is 1. The van der Waals surface area contributed by atoms with Crippen molar-refractivity contribution in [1.29, 1.82) is 0 Å². The average molecular weight is 278 g/mol. The summed E-state index contributed by atoms with van der Waals surface area (Å²) in [5.41, 5.74) is -0.242. The Morgan fingerprint density at radius 1 is 1.60 bits per heavy atom. The van der Waals surface area contributed by atoms with Crippen LogP contribution in [0.25, 0.3) is 0 Å². The predicted octanol–water partition coefficient (Wildman–Crippen LogP) is 2.19. The number of piperidine rings is 1. The Kier molecular flexibility index (Phi) is 4.59. The van der Waals surface area contributed by atoms with Gasteiger partial charge in [0.05, 0.1) is 10.4 Å². The summed E-state index contributed by atoms with van der Waals surface area (Å²) in [5.74, 6) is 0.203. The predicted molar refractivity (Wildman–Crippen MR) is 64.2 cm³/mol. The maximum atomic E-state index is 11.8. The van der Waals surface area contributed by atoms with Gasteiger partial charge in [-0.25, -0.2) is 0 Å². The molecule has 1 unspecified atom stereocenters. The molecule has 0 N–H and O–H groups in total. The zero-order valence-electron chi connectivity index (χ0n) is 9.75. The number of nitrogens with zero attached hydrogens (tertiary/aromatic N) is 1. The third kappa shape index (κ3) is 3.76. The first kappa shape index (κ1) is 13.0. The maximum absolute atomic E-state index is 11.8. The monoisotopic (exact) mass is 277 g/mol. The van der Waals surface area contributed by atoms with E-state index in [0.29, 0.717) is 13.2 Å². The number of carbonyl (C=O) groups is 1. The summed E-state index contributed by atoms with van der Waals surface area (Å²) >= 11 is 3.41. The molecule has 0 saturated carbocycles. The minimum atomic E-state index is -0.242. The second-order valence-corrected chi connectivity index (χ2v) is 5.67. The van der Waals surface area contributed by atoms with Crippen molar-refractivity contribution in [2.45, 2.75) is 44.0 Å². The van der Waals surface area contributed by atoms with E-state index in [9.17, 15) is 4.79 Å². The van der Waals surface area contributed by atoms with Crippen LogP contribution in [0.1, 0.15) is 33.6 Å². The molecule has 1 aliphatic heterocycles. The Bertz CT molecular complexity index is 231. The third-order valence-electron chi connectivity index (χ3n) is 2.57. The molecule has 1 saturated heterocycles. The van der Waals surface area contributed by atoms with Crippen molar-refractivity contribution in [3.05, 3.63) is 0 Å². The van der Waals surface area contributed by atoms with E-state index in [-0.39, 0.29) is 16.3 Å². The molecule has 0 aromatic carbocycles. The van der Waals surface area contributed by atoms with Gasteiger partial charge >= 0.3 is 0 Å². The summed E-state index contributed by atoms with van der Waals surface area (Å²) in [6.45, 7) is 8.27. The lowest BCUT2D eigenvalue weighted by molar-refractivity contribution is -0.137. The molecule has 1 atom stereocenters. The molecule has 0 aromatic heterocycles. The minimum Gasteiger partial charge on any atom is -0.374 e. The topological polar surface area (TPSA) is 29.5 Å². The van der Waals surface area contributed by atoms with Gasteiger partial charge in [0.15, 0.2) is 0 Å². The van der Waals surface area contributed by atoms with Crippen molar-refractivity contribution in [1.82, 2.24) is 4.90 Å². The largest absolute Gasteiger partial charge is 0.374 e. The first-order valence-electron chi connectivity index (χ1n) is 5.53. The smallest absolute Gasteiger partial charge is 0.236 e. The summed E-state index contributed by atoms with van der Waals surface area (Å²) in [7, 11) is 0. The molecule has 3 nitrogen and oxygen atoms in total. The van der Waals surface area contributed by atoms with Crippen LogP contribution in [0.15, 0.2) is 0 Å². The second kappa shape index (κ2) is 5.30. The van der Waals surface area contributed by atoms with Gasteiger partial charge in [0.1, 0.15) is 0 Å². The standard InChI is InChI=1S/C11H20BrNO2/c1-4-15-11(2,3)8-13-7-5-6-9(12)10(13)14/h9H,4-8H2,1-3H3. The van der Waals surface area contributed by atoms with Crippen LogP contribution in [0.2, 0.25) is 0 Å². The molecule has 1 amide bonds. The molecule has 1 heterocycles. The Hall–Kier alpha value is -0.0900. The highest BCUT2D eigenvalue weighted by Crippen LogP contribution is 2.21. The van der Waals surface area contributed by atoms with Gasteiger partial charge in [-0.2, -0.15) is 0 Å². The quantitative estimate of drug-likeness (QED) is 0.738. The van der Waals surface area contributed by atoms with Gasteiger partial charge in [0, 0.05) is 19.7 Å². The Morgan fingerprint density at radius 3 is 2.87 bits per heavy atom. The van der Waals surface area contributed by atoms with Crippen molar-refractivity contribution in [2.75, 3.05) is 19.7 Å². The molecule has 1 rings (SSSR count). The first-order valence-corrected chi connectivity index (χ1v) is 6.44. The molecule has 0 aromatic rings. The molecule has 0 aliphatic carbocycles. The summed E-state index contributed by atoms with van der Waals surface area (Å²) < 4.78 is 5.61. The summed E-state index contributed by atoms with van der Waals surface area (Å²) in [6, 6.07) is 0. The van der Waals surface area contributed by atoms with E-state index in [1.165, 1.54) is 0 Å². The second-order valence-electron chi connectivity index (χ2n) is 4.56. The number of ether oxygens (including phenoxy) is 1. The molecule has 0 bridgehead atoms. The molecular formula is C11H20BrNO2. The Labute approximate surface area is 100 Å². The van der Waals surface area contributed by atoms with Gasteiger partial charge in [-0.05, 0) is 33.6 Å². The molecular weight excluding hydrogens is 258 g/mol. The van der Waals surface area contributed by atoms with Crippen molar-refractivity contribution in [2.24, 2.45) is 0 Å². The van der Waals surface area contributed by atoms with E-state index in [0.717, 1.165) is 19.4 Å². The number of alkyl halides is 1.